The van der Waals surface area contributed by atoms with Crippen LogP contribution < -0.4 is 0 Å². The fraction of sp³-hybridized carbons (Fsp3) is 0.429. The third-order valence-corrected chi connectivity index (χ3v) is 3.47. The third kappa shape index (κ3) is 2.03. The Morgan fingerprint density at radius 2 is 2.18 bits per heavy atom. The van der Waals surface area contributed by atoms with Crippen LogP contribution >= 0.6 is 0 Å². The van der Waals surface area contributed by atoms with Gasteiger partial charge in [-0.3, -0.25) is 0 Å². The Kier molecular flexibility index (Phi) is 3.14. The van der Waals surface area contributed by atoms with Crippen molar-refractivity contribution in [3.63, 3.8) is 0 Å². The Bertz CT molecular complexity index is 496. The van der Waals surface area contributed by atoms with E-state index in [4.69, 9.17) is 10.00 Å². The van der Waals surface area contributed by atoms with Gasteiger partial charge in [0.05, 0.1) is 24.3 Å². The molecule has 0 amide bonds. The van der Waals surface area contributed by atoms with Gasteiger partial charge in [0.25, 0.3) is 0 Å². The van der Waals surface area contributed by atoms with E-state index in [0.29, 0.717) is 17.0 Å². The first-order valence-corrected chi connectivity index (χ1v) is 5.80. The first kappa shape index (κ1) is 11.7. The molecule has 0 atom stereocenters. The zero-order valence-electron chi connectivity index (χ0n) is 10.1. The lowest BCUT2D eigenvalue weighted by molar-refractivity contribution is 0.0600. The van der Waals surface area contributed by atoms with E-state index >= 15 is 0 Å². The van der Waals surface area contributed by atoms with Gasteiger partial charge in [0.1, 0.15) is 0 Å². The molecule has 0 unspecified atom stereocenters. The van der Waals surface area contributed by atoms with Gasteiger partial charge < -0.3 is 4.74 Å². The first-order chi connectivity index (χ1) is 8.17. The van der Waals surface area contributed by atoms with Crippen molar-refractivity contribution in [2.24, 2.45) is 0 Å². The van der Waals surface area contributed by atoms with E-state index in [1.54, 1.807) is 6.07 Å². The van der Waals surface area contributed by atoms with Crippen LogP contribution in [0.25, 0.3) is 0 Å². The largest absolute Gasteiger partial charge is 0.465 e. The molecule has 0 radical (unpaired) electrons. The summed E-state index contributed by atoms with van der Waals surface area (Å²) in [6.07, 6.45) is 3.52. The maximum Gasteiger partial charge on any atom is 0.338 e. The summed E-state index contributed by atoms with van der Waals surface area (Å²) in [6.45, 7) is 1.88. The lowest BCUT2D eigenvalue weighted by Gasteiger charge is -2.27. The molecule has 1 aliphatic rings. The molecule has 1 aromatic carbocycles. The van der Waals surface area contributed by atoms with Crippen molar-refractivity contribution >= 4 is 5.97 Å². The van der Waals surface area contributed by atoms with Gasteiger partial charge in [-0.1, -0.05) is 12.5 Å². The van der Waals surface area contributed by atoms with Crippen molar-refractivity contribution < 1.29 is 9.53 Å². The van der Waals surface area contributed by atoms with Crippen LogP contribution in [0.3, 0.4) is 0 Å². The second-order valence-electron chi connectivity index (χ2n) is 4.49. The molecule has 88 valence electrons. The number of nitriles is 1. The van der Waals surface area contributed by atoms with Gasteiger partial charge in [-0.2, -0.15) is 5.26 Å². The predicted octanol–water partition coefficient (Wildman–Crippen LogP) is 2.92. The number of hydrogen-bond donors (Lipinski definition) is 0. The summed E-state index contributed by atoms with van der Waals surface area (Å²) in [7, 11) is 1.35. The lowest BCUT2D eigenvalue weighted by atomic mass is 9.77. The Balaban J connectivity index is 2.47. The van der Waals surface area contributed by atoms with Crippen molar-refractivity contribution in [2.45, 2.75) is 32.1 Å². The summed E-state index contributed by atoms with van der Waals surface area (Å²) in [4.78, 5) is 11.5. The molecule has 0 heterocycles. The van der Waals surface area contributed by atoms with Gasteiger partial charge in [-0.15, -0.1) is 0 Å². The van der Waals surface area contributed by atoms with E-state index in [2.05, 4.69) is 6.07 Å². The van der Waals surface area contributed by atoms with Crippen molar-refractivity contribution in [2.75, 3.05) is 7.11 Å². The van der Waals surface area contributed by atoms with Crippen LogP contribution in [0.1, 0.15) is 52.2 Å². The average Bonchev–Trinajstić information content (AvgIpc) is 2.26. The molecule has 0 spiro atoms. The highest BCUT2D eigenvalue weighted by Crippen LogP contribution is 2.38. The van der Waals surface area contributed by atoms with Crippen molar-refractivity contribution in [1.29, 1.82) is 5.26 Å². The van der Waals surface area contributed by atoms with E-state index < -0.39 is 0 Å². The highest BCUT2D eigenvalue weighted by Gasteiger charge is 2.24. The van der Waals surface area contributed by atoms with Crippen molar-refractivity contribution in [3.05, 3.63) is 34.4 Å². The van der Waals surface area contributed by atoms with Gasteiger partial charge >= 0.3 is 5.97 Å². The molecule has 0 saturated heterocycles. The fourth-order valence-corrected chi connectivity index (χ4v) is 2.21. The normalized spacial score (nSPS) is 14.9. The summed E-state index contributed by atoms with van der Waals surface area (Å²) in [5.74, 6) is 0.120. The number of aryl methyl sites for hydroxylation is 1. The molecule has 1 aromatic rings. The van der Waals surface area contributed by atoms with Gasteiger partial charge in [-0.05, 0) is 42.9 Å². The average molecular weight is 229 g/mol. The third-order valence-electron chi connectivity index (χ3n) is 3.47. The zero-order valence-corrected chi connectivity index (χ0v) is 10.1. The number of hydrogen-bond acceptors (Lipinski definition) is 3. The molecule has 1 saturated carbocycles. The summed E-state index contributed by atoms with van der Waals surface area (Å²) < 4.78 is 4.71. The molecule has 3 nitrogen and oxygen atoms in total. The molecule has 0 bridgehead atoms. The number of carbonyl (C=O) groups excluding carboxylic acids is 1. The minimum atomic E-state index is -0.376. The monoisotopic (exact) mass is 229 g/mol. The summed E-state index contributed by atoms with van der Waals surface area (Å²) in [6, 6.07) is 5.81. The maximum atomic E-state index is 11.5. The van der Waals surface area contributed by atoms with Gasteiger partial charge in [-0.25, -0.2) is 4.79 Å². The molecule has 2 rings (SSSR count). The zero-order chi connectivity index (χ0) is 12.4. The first-order valence-electron chi connectivity index (χ1n) is 5.80. The molecular formula is C14H15NO2. The highest BCUT2D eigenvalue weighted by molar-refractivity contribution is 5.91. The fourth-order valence-electron chi connectivity index (χ4n) is 2.21. The Morgan fingerprint density at radius 1 is 1.47 bits per heavy atom. The van der Waals surface area contributed by atoms with Crippen molar-refractivity contribution in [3.8, 4) is 6.07 Å². The summed E-state index contributed by atoms with van der Waals surface area (Å²) >= 11 is 0. The van der Waals surface area contributed by atoms with Crippen molar-refractivity contribution in [1.82, 2.24) is 0 Å². The summed E-state index contributed by atoms with van der Waals surface area (Å²) in [5, 5.41) is 9.15. The van der Waals surface area contributed by atoms with Crippen LogP contribution in [0.4, 0.5) is 0 Å². The van der Waals surface area contributed by atoms with Gasteiger partial charge in [0.2, 0.25) is 0 Å². The predicted molar refractivity (Wildman–Crippen MR) is 63.8 cm³/mol. The quantitative estimate of drug-likeness (QED) is 0.732. The van der Waals surface area contributed by atoms with Crippen LogP contribution in [-0.2, 0) is 4.74 Å². The van der Waals surface area contributed by atoms with E-state index in [1.807, 2.05) is 13.0 Å². The minimum absolute atomic E-state index is 0.376. The van der Waals surface area contributed by atoms with Crippen LogP contribution in [0.2, 0.25) is 0 Å². The molecule has 1 fully saturated rings. The molecule has 17 heavy (non-hydrogen) atoms. The number of nitrogens with zero attached hydrogens (tertiary/aromatic N) is 1. The maximum absolute atomic E-state index is 11.5. The Morgan fingerprint density at radius 3 is 2.65 bits per heavy atom. The van der Waals surface area contributed by atoms with Crippen LogP contribution in [0.5, 0.6) is 0 Å². The standard InChI is InChI=1S/C14H15NO2/c1-9-6-13(10-4-3-5-10)11(8-15)7-12(9)14(16)17-2/h6-7,10H,3-5H2,1-2H3. The van der Waals surface area contributed by atoms with Gasteiger partial charge in [0.15, 0.2) is 0 Å². The molecule has 3 heteroatoms. The Labute approximate surface area is 101 Å². The van der Waals surface area contributed by atoms with E-state index in [0.717, 1.165) is 24.0 Å². The lowest BCUT2D eigenvalue weighted by Crippen LogP contribution is -2.13. The summed E-state index contributed by atoms with van der Waals surface area (Å²) in [5.41, 5.74) is 3.08. The van der Waals surface area contributed by atoms with Crippen LogP contribution in [0, 0.1) is 18.3 Å². The molecule has 0 aliphatic heterocycles. The smallest absolute Gasteiger partial charge is 0.338 e. The molecule has 0 N–H and O–H groups in total. The number of methoxy groups -OCH3 is 1. The van der Waals surface area contributed by atoms with Crippen LogP contribution in [0.15, 0.2) is 12.1 Å². The second-order valence-corrected chi connectivity index (χ2v) is 4.49. The highest BCUT2D eigenvalue weighted by atomic mass is 16.5. The van der Waals surface area contributed by atoms with Gasteiger partial charge in [0, 0.05) is 0 Å². The number of esters is 1. The molecule has 1 aliphatic carbocycles. The number of ether oxygens (including phenoxy) is 1. The number of carbonyl (C=O) groups is 1. The molecular weight excluding hydrogens is 214 g/mol. The second kappa shape index (κ2) is 4.58. The topological polar surface area (TPSA) is 50.1 Å². The van der Waals surface area contributed by atoms with E-state index in [9.17, 15) is 4.79 Å². The minimum Gasteiger partial charge on any atom is -0.465 e. The molecule has 0 aromatic heterocycles. The van der Waals surface area contributed by atoms with E-state index in [-0.39, 0.29) is 5.97 Å². The van der Waals surface area contributed by atoms with E-state index in [1.165, 1.54) is 13.5 Å². The number of rotatable bonds is 2. The SMILES string of the molecule is COC(=O)c1cc(C#N)c(C2CCC2)cc1C. The Hall–Kier alpha value is -1.82. The number of benzene rings is 1. The van der Waals surface area contributed by atoms with Crippen LogP contribution in [-0.4, -0.2) is 13.1 Å².